The Morgan fingerprint density at radius 2 is 1.44 bits per heavy atom. The van der Waals surface area contributed by atoms with Crippen molar-refractivity contribution in [1.29, 1.82) is 0 Å². The Balaban J connectivity index is 1.72. The number of hydrogen-bond acceptors (Lipinski definition) is 2. The van der Waals surface area contributed by atoms with Crippen LogP contribution >= 0.6 is 0 Å². The third-order valence-corrected chi connectivity index (χ3v) is 3.80. The summed E-state index contributed by atoms with van der Waals surface area (Å²) in [5, 5.41) is 5.08. The van der Waals surface area contributed by atoms with Crippen molar-refractivity contribution in [2.24, 2.45) is 0 Å². The van der Waals surface area contributed by atoms with Gasteiger partial charge < -0.3 is 10.6 Å². The van der Waals surface area contributed by atoms with E-state index < -0.39 is 17.6 Å². The smallest absolute Gasteiger partial charge is 0.349 e. The van der Waals surface area contributed by atoms with Gasteiger partial charge in [-0.2, -0.15) is 13.2 Å². The second kappa shape index (κ2) is 6.58. The molecule has 130 valence electrons. The van der Waals surface area contributed by atoms with Gasteiger partial charge in [0.05, 0.1) is 11.3 Å². The lowest BCUT2D eigenvalue weighted by atomic mass is 10.1. The van der Waals surface area contributed by atoms with E-state index in [9.17, 15) is 22.8 Å². The number of hydrogen-bond donors (Lipinski definition) is 2. The summed E-state index contributed by atoms with van der Waals surface area (Å²) in [6.07, 6.45) is -2.63. The van der Waals surface area contributed by atoms with E-state index in [2.05, 4.69) is 10.6 Å². The fraction of sp³-hybridized carbons (Fsp3) is 0.222. The number of halogens is 3. The van der Waals surface area contributed by atoms with Crippen molar-refractivity contribution in [2.45, 2.75) is 25.1 Å². The Morgan fingerprint density at radius 1 is 0.880 bits per heavy atom. The van der Waals surface area contributed by atoms with Gasteiger partial charge in [-0.3, -0.25) is 9.59 Å². The Hall–Kier alpha value is -2.83. The van der Waals surface area contributed by atoms with Crippen LogP contribution in [0, 0.1) is 0 Å². The molecular weight excluding hydrogens is 333 g/mol. The molecule has 25 heavy (non-hydrogen) atoms. The van der Waals surface area contributed by atoms with Gasteiger partial charge >= 0.3 is 6.18 Å². The Labute approximate surface area is 142 Å². The Kier molecular flexibility index (Phi) is 4.48. The van der Waals surface area contributed by atoms with Gasteiger partial charge in [0.2, 0.25) is 0 Å². The number of benzene rings is 2. The van der Waals surface area contributed by atoms with Gasteiger partial charge in [0, 0.05) is 17.2 Å². The van der Waals surface area contributed by atoms with Crippen LogP contribution in [0.25, 0.3) is 0 Å². The molecule has 4 nitrogen and oxygen atoms in total. The molecule has 2 N–H and O–H groups in total. The second-order valence-electron chi connectivity index (χ2n) is 5.82. The largest absolute Gasteiger partial charge is 0.418 e. The molecule has 0 bridgehead atoms. The van der Waals surface area contributed by atoms with Crippen molar-refractivity contribution < 1.29 is 22.8 Å². The summed E-state index contributed by atoms with van der Waals surface area (Å²) in [5.74, 6) is -0.900. The quantitative estimate of drug-likeness (QED) is 0.882. The predicted octanol–water partition coefficient (Wildman–Crippen LogP) is 3.85. The van der Waals surface area contributed by atoms with Crippen LogP contribution in [0.4, 0.5) is 18.9 Å². The van der Waals surface area contributed by atoms with Crippen LogP contribution in [0.1, 0.15) is 39.1 Å². The predicted molar refractivity (Wildman–Crippen MR) is 86.3 cm³/mol. The van der Waals surface area contributed by atoms with Gasteiger partial charge in [-0.05, 0) is 49.2 Å². The van der Waals surface area contributed by atoms with Gasteiger partial charge in [-0.1, -0.05) is 12.1 Å². The highest BCUT2D eigenvalue weighted by molar-refractivity contribution is 6.05. The first kappa shape index (κ1) is 17.0. The van der Waals surface area contributed by atoms with Crippen molar-refractivity contribution in [3.05, 3.63) is 65.2 Å². The van der Waals surface area contributed by atoms with Crippen molar-refractivity contribution in [3.8, 4) is 0 Å². The lowest BCUT2D eigenvalue weighted by molar-refractivity contribution is -0.136. The molecule has 1 fully saturated rings. The number of amides is 2. The normalized spacial score (nSPS) is 14.0. The average Bonchev–Trinajstić information content (AvgIpc) is 3.38. The monoisotopic (exact) mass is 348 g/mol. The van der Waals surface area contributed by atoms with E-state index in [1.807, 2.05) is 0 Å². The summed E-state index contributed by atoms with van der Waals surface area (Å²) in [6, 6.07) is 10.8. The first-order chi connectivity index (χ1) is 11.8. The third-order valence-electron chi connectivity index (χ3n) is 3.80. The minimum Gasteiger partial charge on any atom is -0.349 e. The Bertz CT molecular complexity index is 797. The van der Waals surface area contributed by atoms with E-state index in [0.29, 0.717) is 5.56 Å². The number of carbonyl (C=O) groups excluding carboxylic acids is 2. The molecule has 1 saturated carbocycles. The summed E-state index contributed by atoms with van der Waals surface area (Å²) < 4.78 is 38.9. The van der Waals surface area contributed by atoms with Crippen LogP contribution in [0.5, 0.6) is 0 Å². The molecule has 0 atom stereocenters. The fourth-order valence-electron chi connectivity index (χ4n) is 2.30. The molecular formula is C18H15F3N2O2. The molecule has 0 spiro atoms. The molecule has 0 aliphatic heterocycles. The standard InChI is InChI=1S/C18H15F3N2O2/c19-18(20,21)14-3-1-2-4-15(14)23-17(25)12-7-5-11(6-8-12)16(24)22-13-9-10-13/h1-8,13H,9-10H2,(H,22,24)(H,23,25). The molecule has 0 heterocycles. The van der Waals surface area contributed by atoms with E-state index >= 15 is 0 Å². The maximum Gasteiger partial charge on any atom is 0.418 e. The molecule has 0 aromatic heterocycles. The maximum absolute atomic E-state index is 13.0. The number of alkyl halides is 3. The van der Waals surface area contributed by atoms with Crippen molar-refractivity contribution in [2.75, 3.05) is 5.32 Å². The van der Waals surface area contributed by atoms with Crippen LogP contribution in [0.3, 0.4) is 0 Å². The Morgan fingerprint density at radius 3 is 2.00 bits per heavy atom. The first-order valence-electron chi connectivity index (χ1n) is 7.73. The van der Waals surface area contributed by atoms with Gasteiger partial charge in [0.25, 0.3) is 11.8 Å². The topological polar surface area (TPSA) is 58.2 Å². The number of rotatable bonds is 4. The molecule has 7 heteroatoms. The van der Waals surface area contributed by atoms with Crippen LogP contribution in [0.15, 0.2) is 48.5 Å². The van der Waals surface area contributed by atoms with E-state index in [-0.39, 0.29) is 23.2 Å². The summed E-state index contributed by atoms with van der Waals surface area (Å²) in [7, 11) is 0. The zero-order valence-electron chi connectivity index (χ0n) is 13.1. The van der Waals surface area contributed by atoms with E-state index in [1.54, 1.807) is 0 Å². The fourth-order valence-corrected chi connectivity index (χ4v) is 2.30. The van der Waals surface area contributed by atoms with Crippen molar-refractivity contribution in [3.63, 3.8) is 0 Å². The maximum atomic E-state index is 13.0. The summed E-state index contributed by atoms with van der Waals surface area (Å²) in [4.78, 5) is 24.1. The molecule has 3 rings (SSSR count). The summed E-state index contributed by atoms with van der Waals surface area (Å²) >= 11 is 0. The highest BCUT2D eigenvalue weighted by Crippen LogP contribution is 2.34. The molecule has 2 amide bonds. The average molecular weight is 348 g/mol. The molecule has 1 aliphatic rings. The van der Waals surface area contributed by atoms with E-state index in [1.165, 1.54) is 42.5 Å². The molecule has 0 radical (unpaired) electrons. The van der Waals surface area contributed by atoms with E-state index in [4.69, 9.17) is 0 Å². The van der Waals surface area contributed by atoms with Crippen LogP contribution in [-0.4, -0.2) is 17.9 Å². The number of anilines is 1. The van der Waals surface area contributed by atoms with Crippen LogP contribution in [0.2, 0.25) is 0 Å². The zero-order valence-corrected chi connectivity index (χ0v) is 13.1. The van der Waals surface area contributed by atoms with Gasteiger partial charge in [0.15, 0.2) is 0 Å². The lowest BCUT2D eigenvalue weighted by Crippen LogP contribution is -2.25. The zero-order chi connectivity index (χ0) is 18.0. The van der Waals surface area contributed by atoms with E-state index in [0.717, 1.165) is 18.9 Å². The number of carbonyl (C=O) groups is 2. The minimum absolute atomic E-state index is 0.167. The number of nitrogens with one attached hydrogen (secondary N) is 2. The van der Waals surface area contributed by atoms with Crippen molar-refractivity contribution in [1.82, 2.24) is 5.32 Å². The van der Waals surface area contributed by atoms with Crippen molar-refractivity contribution >= 4 is 17.5 Å². The SMILES string of the molecule is O=C(Nc1ccccc1C(F)(F)F)c1ccc(C(=O)NC2CC2)cc1. The summed E-state index contributed by atoms with van der Waals surface area (Å²) in [6.45, 7) is 0. The van der Waals surface area contributed by atoms with Crippen LogP contribution < -0.4 is 10.6 Å². The summed E-state index contributed by atoms with van der Waals surface area (Å²) in [5.41, 5.74) is -0.654. The molecule has 0 unspecified atom stereocenters. The third kappa shape index (κ3) is 4.17. The lowest BCUT2D eigenvalue weighted by Gasteiger charge is -2.13. The molecule has 0 saturated heterocycles. The van der Waals surface area contributed by atoms with Gasteiger partial charge in [-0.15, -0.1) is 0 Å². The highest BCUT2D eigenvalue weighted by atomic mass is 19.4. The van der Waals surface area contributed by atoms with Gasteiger partial charge in [0.1, 0.15) is 0 Å². The molecule has 1 aliphatic carbocycles. The first-order valence-corrected chi connectivity index (χ1v) is 7.73. The molecule has 2 aromatic carbocycles. The highest BCUT2D eigenvalue weighted by Gasteiger charge is 2.33. The second-order valence-corrected chi connectivity index (χ2v) is 5.82. The van der Waals surface area contributed by atoms with Crippen LogP contribution in [-0.2, 0) is 6.18 Å². The number of para-hydroxylation sites is 1. The minimum atomic E-state index is -4.56. The van der Waals surface area contributed by atoms with Gasteiger partial charge in [-0.25, -0.2) is 0 Å². The molecule has 2 aromatic rings.